The lowest BCUT2D eigenvalue weighted by molar-refractivity contribution is -0.124. The highest BCUT2D eigenvalue weighted by atomic mass is 19.4. The summed E-state index contributed by atoms with van der Waals surface area (Å²) in [6.45, 7) is -0.674. The number of rotatable bonds is 6. The van der Waals surface area contributed by atoms with E-state index in [4.69, 9.17) is 9.47 Å². The highest BCUT2D eigenvalue weighted by Gasteiger charge is 2.25. The highest BCUT2D eigenvalue weighted by molar-refractivity contribution is 5.31. The number of hydrogen-bond donors (Lipinski definition) is 1. The molecule has 0 saturated heterocycles. The van der Waals surface area contributed by atoms with E-state index in [-0.39, 0.29) is 13.2 Å². The van der Waals surface area contributed by atoms with Crippen molar-refractivity contribution in [1.29, 1.82) is 0 Å². The van der Waals surface area contributed by atoms with Gasteiger partial charge in [-0.3, -0.25) is 0 Å². The molecule has 0 aliphatic heterocycles. The second-order valence-electron chi connectivity index (χ2n) is 3.32. The molecule has 0 amide bonds. The molecule has 0 saturated carbocycles. The Labute approximate surface area is 97.5 Å². The molecule has 0 aliphatic rings. The molecule has 1 rings (SSSR count). The van der Waals surface area contributed by atoms with E-state index >= 15 is 0 Å². The van der Waals surface area contributed by atoms with Gasteiger partial charge in [0.15, 0.2) is 0 Å². The topological polar surface area (TPSA) is 30.5 Å². The van der Waals surface area contributed by atoms with Crippen LogP contribution in [0, 0.1) is 0 Å². The molecule has 0 spiro atoms. The van der Waals surface area contributed by atoms with Gasteiger partial charge >= 0.3 is 6.18 Å². The summed E-state index contributed by atoms with van der Waals surface area (Å²) in [6, 6.07) is 6.84. The zero-order valence-electron chi connectivity index (χ0n) is 9.38. The second kappa shape index (κ2) is 6.34. The monoisotopic (exact) mass is 249 g/mol. The van der Waals surface area contributed by atoms with Gasteiger partial charge < -0.3 is 14.8 Å². The first-order valence-electron chi connectivity index (χ1n) is 5.05. The van der Waals surface area contributed by atoms with E-state index in [0.29, 0.717) is 11.5 Å². The Morgan fingerprint density at radius 3 is 2.24 bits per heavy atom. The Bertz CT molecular complexity index is 324. The van der Waals surface area contributed by atoms with E-state index in [9.17, 15) is 13.2 Å². The van der Waals surface area contributed by atoms with Gasteiger partial charge in [0, 0.05) is 6.54 Å². The summed E-state index contributed by atoms with van der Waals surface area (Å²) in [5.74, 6) is 1.30. The molecule has 6 heteroatoms. The normalized spacial score (nSPS) is 11.3. The van der Waals surface area contributed by atoms with E-state index in [1.54, 1.807) is 31.4 Å². The number of halogens is 3. The minimum absolute atomic E-state index is 0.144. The quantitative estimate of drug-likeness (QED) is 0.784. The van der Waals surface area contributed by atoms with E-state index in [2.05, 4.69) is 5.32 Å². The van der Waals surface area contributed by atoms with Gasteiger partial charge in [0.1, 0.15) is 18.1 Å². The number of ether oxygens (including phenoxy) is 2. The van der Waals surface area contributed by atoms with Crippen LogP contribution in [0.25, 0.3) is 0 Å². The standard InChI is InChI=1S/C11H14F3NO2/c1-16-9-2-4-10(5-3-9)17-7-6-15-8-11(12,13)14/h2-5,15H,6-8H2,1H3. The predicted molar refractivity (Wildman–Crippen MR) is 57.4 cm³/mol. The van der Waals surface area contributed by atoms with Crippen molar-refractivity contribution in [3.05, 3.63) is 24.3 Å². The molecule has 0 fully saturated rings. The van der Waals surface area contributed by atoms with Crippen molar-refractivity contribution in [1.82, 2.24) is 5.32 Å². The van der Waals surface area contributed by atoms with Crippen LogP contribution in [0.2, 0.25) is 0 Å². The first kappa shape index (κ1) is 13.6. The molecule has 1 N–H and O–H groups in total. The van der Waals surface area contributed by atoms with Crippen molar-refractivity contribution in [3.8, 4) is 11.5 Å². The third-order valence-corrected chi connectivity index (χ3v) is 1.93. The maximum absolute atomic E-state index is 11.8. The summed E-state index contributed by atoms with van der Waals surface area (Å²) in [7, 11) is 1.55. The van der Waals surface area contributed by atoms with Crippen LogP contribution >= 0.6 is 0 Å². The third-order valence-electron chi connectivity index (χ3n) is 1.93. The predicted octanol–water partition coefficient (Wildman–Crippen LogP) is 2.23. The molecule has 0 unspecified atom stereocenters. The Morgan fingerprint density at radius 2 is 1.71 bits per heavy atom. The Kier molecular flexibility index (Phi) is 5.09. The third kappa shape index (κ3) is 6.01. The van der Waals surface area contributed by atoms with Crippen LogP contribution < -0.4 is 14.8 Å². The minimum Gasteiger partial charge on any atom is -0.497 e. The first-order chi connectivity index (χ1) is 8.01. The van der Waals surface area contributed by atoms with Gasteiger partial charge in [-0.05, 0) is 24.3 Å². The van der Waals surface area contributed by atoms with Crippen molar-refractivity contribution in [3.63, 3.8) is 0 Å². The molecule has 3 nitrogen and oxygen atoms in total. The Hall–Kier alpha value is -1.43. The summed E-state index contributed by atoms with van der Waals surface area (Å²) in [5, 5.41) is 2.24. The zero-order chi connectivity index (χ0) is 12.7. The van der Waals surface area contributed by atoms with Crippen LogP contribution in [0.5, 0.6) is 11.5 Å². The van der Waals surface area contributed by atoms with Crippen molar-refractivity contribution < 1.29 is 22.6 Å². The van der Waals surface area contributed by atoms with Crippen LogP contribution in [0.4, 0.5) is 13.2 Å². The fourth-order valence-electron chi connectivity index (χ4n) is 1.14. The van der Waals surface area contributed by atoms with Crippen LogP contribution in [0.1, 0.15) is 0 Å². The Balaban J connectivity index is 2.18. The lowest BCUT2D eigenvalue weighted by Crippen LogP contribution is -2.31. The number of alkyl halides is 3. The number of hydrogen-bond acceptors (Lipinski definition) is 3. The lowest BCUT2D eigenvalue weighted by atomic mass is 10.3. The van der Waals surface area contributed by atoms with Crippen molar-refractivity contribution >= 4 is 0 Å². The van der Waals surface area contributed by atoms with Crippen molar-refractivity contribution in [2.24, 2.45) is 0 Å². The van der Waals surface area contributed by atoms with Crippen molar-refractivity contribution in [2.75, 3.05) is 26.8 Å². The summed E-state index contributed by atoms with van der Waals surface area (Å²) >= 11 is 0. The van der Waals surface area contributed by atoms with Crippen LogP contribution in [0.3, 0.4) is 0 Å². The fraction of sp³-hybridized carbons (Fsp3) is 0.455. The van der Waals surface area contributed by atoms with E-state index < -0.39 is 12.7 Å². The highest BCUT2D eigenvalue weighted by Crippen LogP contribution is 2.16. The molecule has 0 atom stereocenters. The number of nitrogens with one attached hydrogen (secondary N) is 1. The molecule has 0 aliphatic carbocycles. The van der Waals surface area contributed by atoms with Gasteiger partial charge in [-0.15, -0.1) is 0 Å². The summed E-state index contributed by atoms with van der Waals surface area (Å²) in [6.07, 6.45) is -4.18. The van der Waals surface area contributed by atoms with Gasteiger partial charge in [0.2, 0.25) is 0 Å². The van der Waals surface area contributed by atoms with Gasteiger partial charge in [0.05, 0.1) is 13.7 Å². The molecule has 0 heterocycles. The minimum atomic E-state index is -4.18. The second-order valence-corrected chi connectivity index (χ2v) is 3.32. The molecular formula is C11H14F3NO2. The molecule has 0 bridgehead atoms. The zero-order valence-corrected chi connectivity index (χ0v) is 9.38. The van der Waals surface area contributed by atoms with Gasteiger partial charge in [-0.25, -0.2) is 0 Å². The van der Waals surface area contributed by atoms with Gasteiger partial charge in [-0.1, -0.05) is 0 Å². The van der Waals surface area contributed by atoms with Crippen molar-refractivity contribution in [2.45, 2.75) is 6.18 Å². The SMILES string of the molecule is COc1ccc(OCCNCC(F)(F)F)cc1. The molecular weight excluding hydrogens is 235 g/mol. The number of benzene rings is 1. The van der Waals surface area contributed by atoms with Crippen LogP contribution in [0.15, 0.2) is 24.3 Å². The molecule has 0 radical (unpaired) electrons. The maximum atomic E-state index is 11.8. The molecule has 1 aromatic rings. The summed E-state index contributed by atoms with van der Waals surface area (Å²) < 4.78 is 45.5. The van der Waals surface area contributed by atoms with Crippen LogP contribution in [-0.2, 0) is 0 Å². The van der Waals surface area contributed by atoms with Crippen LogP contribution in [-0.4, -0.2) is 33.0 Å². The van der Waals surface area contributed by atoms with Gasteiger partial charge in [0.25, 0.3) is 0 Å². The average molecular weight is 249 g/mol. The molecule has 0 aromatic heterocycles. The largest absolute Gasteiger partial charge is 0.497 e. The van der Waals surface area contributed by atoms with Gasteiger partial charge in [-0.2, -0.15) is 13.2 Å². The van der Waals surface area contributed by atoms with E-state index in [1.165, 1.54) is 0 Å². The summed E-state index contributed by atoms with van der Waals surface area (Å²) in [5.41, 5.74) is 0. The van der Waals surface area contributed by atoms with E-state index in [0.717, 1.165) is 0 Å². The summed E-state index contributed by atoms with van der Waals surface area (Å²) in [4.78, 5) is 0. The average Bonchev–Trinajstić information content (AvgIpc) is 2.28. The molecule has 1 aromatic carbocycles. The molecule has 96 valence electrons. The van der Waals surface area contributed by atoms with E-state index in [1.807, 2.05) is 0 Å². The Morgan fingerprint density at radius 1 is 1.12 bits per heavy atom. The smallest absolute Gasteiger partial charge is 0.401 e. The first-order valence-corrected chi connectivity index (χ1v) is 5.05. The molecule has 17 heavy (non-hydrogen) atoms. The fourth-order valence-corrected chi connectivity index (χ4v) is 1.14. The maximum Gasteiger partial charge on any atom is 0.401 e. The lowest BCUT2D eigenvalue weighted by Gasteiger charge is -2.09. The number of methoxy groups -OCH3 is 1.